The monoisotopic (exact) mass is 227 g/mol. The SMILES string of the molecule is CCOCC(=O)N[C@@H](C)Cc1cccs1. The third-order valence-corrected chi connectivity index (χ3v) is 2.83. The van der Waals surface area contributed by atoms with Crippen molar-refractivity contribution in [2.45, 2.75) is 26.3 Å². The Morgan fingerprint density at radius 3 is 3.07 bits per heavy atom. The number of carbonyl (C=O) groups is 1. The van der Waals surface area contributed by atoms with Crippen molar-refractivity contribution in [3.05, 3.63) is 22.4 Å². The van der Waals surface area contributed by atoms with Crippen molar-refractivity contribution in [1.82, 2.24) is 5.32 Å². The molecule has 1 atom stereocenters. The van der Waals surface area contributed by atoms with Gasteiger partial charge in [0.1, 0.15) is 6.61 Å². The van der Waals surface area contributed by atoms with Gasteiger partial charge in [0.05, 0.1) is 0 Å². The maximum Gasteiger partial charge on any atom is 0.246 e. The van der Waals surface area contributed by atoms with E-state index in [2.05, 4.69) is 11.4 Å². The van der Waals surface area contributed by atoms with Crippen molar-refractivity contribution in [3.63, 3.8) is 0 Å². The van der Waals surface area contributed by atoms with Gasteiger partial charge in [-0.05, 0) is 25.3 Å². The zero-order valence-corrected chi connectivity index (χ0v) is 9.97. The van der Waals surface area contributed by atoms with E-state index in [0.717, 1.165) is 6.42 Å². The van der Waals surface area contributed by atoms with Gasteiger partial charge in [-0.1, -0.05) is 6.07 Å². The highest BCUT2D eigenvalue weighted by atomic mass is 32.1. The summed E-state index contributed by atoms with van der Waals surface area (Å²) >= 11 is 1.71. The summed E-state index contributed by atoms with van der Waals surface area (Å²) < 4.78 is 5.02. The molecule has 0 unspecified atom stereocenters. The second-order valence-corrected chi connectivity index (χ2v) is 4.42. The van der Waals surface area contributed by atoms with Gasteiger partial charge in [-0.3, -0.25) is 4.79 Å². The largest absolute Gasteiger partial charge is 0.372 e. The fourth-order valence-corrected chi connectivity index (χ4v) is 2.13. The zero-order valence-electron chi connectivity index (χ0n) is 9.16. The number of hydrogen-bond acceptors (Lipinski definition) is 3. The molecule has 0 aliphatic heterocycles. The van der Waals surface area contributed by atoms with Crippen LogP contribution in [0.2, 0.25) is 0 Å². The van der Waals surface area contributed by atoms with Crippen LogP contribution in [-0.2, 0) is 16.0 Å². The van der Waals surface area contributed by atoms with Crippen LogP contribution in [0.5, 0.6) is 0 Å². The van der Waals surface area contributed by atoms with Crippen LogP contribution in [0, 0.1) is 0 Å². The van der Waals surface area contributed by atoms with Crippen LogP contribution >= 0.6 is 11.3 Å². The summed E-state index contributed by atoms with van der Waals surface area (Å²) in [5.41, 5.74) is 0. The minimum absolute atomic E-state index is 0.0408. The fourth-order valence-electron chi connectivity index (χ4n) is 1.29. The molecule has 84 valence electrons. The molecule has 0 saturated carbocycles. The van der Waals surface area contributed by atoms with Gasteiger partial charge < -0.3 is 10.1 Å². The van der Waals surface area contributed by atoms with Crippen LogP contribution in [0.4, 0.5) is 0 Å². The van der Waals surface area contributed by atoms with Gasteiger partial charge in [-0.2, -0.15) is 0 Å². The standard InChI is InChI=1S/C11H17NO2S/c1-3-14-8-11(13)12-9(2)7-10-5-4-6-15-10/h4-6,9H,3,7-8H2,1-2H3,(H,12,13)/t9-/m0/s1. The summed E-state index contributed by atoms with van der Waals surface area (Å²) in [4.78, 5) is 12.6. The quantitative estimate of drug-likeness (QED) is 0.805. The van der Waals surface area contributed by atoms with Gasteiger partial charge in [0, 0.05) is 23.9 Å². The molecule has 0 radical (unpaired) electrons. The molecule has 4 heteroatoms. The lowest BCUT2D eigenvalue weighted by molar-refractivity contribution is -0.126. The molecule has 0 fully saturated rings. The lowest BCUT2D eigenvalue weighted by Crippen LogP contribution is -2.36. The molecule has 1 rings (SSSR count). The average molecular weight is 227 g/mol. The van der Waals surface area contributed by atoms with E-state index in [4.69, 9.17) is 4.74 Å². The second-order valence-electron chi connectivity index (χ2n) is 3.39. The van der Waals surface area contributed by atoms with Crippen LogP contribution in [0.1, 0.15) is 18.7 Å². The molecule has 0 saturated heterocycles. The van der Waals surface area contributed by atoms with E-state index in [1.165, 1.54) is 4.88 Å². The summed E-state index contributed by atoms with van der Waals surface area (Å²) in [6.45, 7) is 4.62. The highest BCUT2D eigenvalue weighted by Crippen LogP contribution is 2.10. The number of thiophene rings is 1. The van der Waals surface area contributed by atoms with Gasteiger partial charge in [0.25, 0.3) is 0 Å². The van der Waals surface area contributed by atoms with E-state index < -0.39 is 0 Å². The molecule has 0 aliphatic carbocycles. The first-order chi connectivity index (χ1) is 7.22. The predicted octanol–water partition coefficient (Wildman–Crippen LogP) is 1.83. The maximum atomic E-state index is 11.3. The molecule has 0 bridgehead atoms. The van der Waals surface area contributed by atoms with E-state index in [-0.39, 0.29) is 18.6 Å². The van der Waals surface area contributed by atoms with E-state index in [9.17, 15) is 4.79 Å². The molecular formula is C11H17NO2S. The minimum Gasteiger partial charge on any atom is -0.372 e. The van der Waals surface area contributed by atoms with Crippen LogP contribution in [-0.4, -0.2) is 25.2 Å². The van der Waals surface area contributed by atoms with Crippen LogP contribution < -0.4 is 5.32 Å². The van der Waals surface area contributed by atoms with Crippen LogP contribution in [0.25, 0.3) is 0 Å². The van der Waals surface area contributed by atoms with Crippen molar-refractivity contribution < 1.29 is 9.53 Å². The van der Waals surface area contributed by atoms with Gasteiger partial charge >= 0.3 is 0 Å². The average Bonchev–Trinajstić information content (AvgIpc) is 2.67. The van der Waals surface area contributed by atoms with E-state index in [1.807, 2.05) is 25.3 Å². The number of ether oxygens (including phenoxy) is 1. The molecule has 1 aromatic rings. The minimum atomic E-state index is -0.0408. The Kier molecular flexibility index (Phi) is 5.36. The third kappa shape index (κ3) is 4.95. The molecule has 15 heavy (non-hydrogen) atoms. The first-order valence-corrected chi connectivity index (χ1v) is 5.99. The van der Waals surface area contributed by atoms with Crippen LogP contribution in [0.15, 0.2) is 17.5 Å². The Balaban J connectivity index is 2.23. The predicted molar refractivity (Wildman–Crippen MR) is 62.1 cm³/mol. The Labute approximate surface area is 94.5 Å². The van der Waals surface area contributed by atoms with E-state index >= 15 is 0 Å². The molecule has 1 N–H and O–H groups in total. The topological polar surface area (TPSA) is 38.3 Å². The van der Waals surface area contributed by atoms with Crippen molar-refractivity contribution in [1.29, 1.82) is 0 Å². The number of carbonyl (C=O) groups excluding carboxylic acids is 1. The molecule has 0 aromatic carbocycles. The van der Waals surface area contributed by atoms with Crippen molar-refractivity contribution >= 4 is 17.2 Å². The molecule has 1 heterocycles. The van der Waals surface area contributed by atoms with E-state index in [0.29, 0.717) is 6.61 Å². The summed E-state index contributed by atoms with van der Waals surface area (Å²) in [5.74, 6) is -0.0408. The van der Waals surface area contributed by atoms with Crippen molar-refractivity contribution in [2.24, 2.45) is 0 Å². The summed E-state index contributed by atoms with van der Waals surface area (Å²) in [6, 6.07) is 4.27. The van der Waals surface area contributed by atoms with Crippen LogP contribution in [0.3, 0.4) is 0 Å². The Bertz CT molecular complexity index is 285. The van der Waals surface area contributed by atoms with E-state index in [1.54, 1.807) is 11.3 Å². The maximum absolute atomic E-state index is 11.3. The van der Waals surface area contributed by atoms with Gasteiger partial charge in [0.15, 0.2) is 0 Å². The summed E-state index contributed by atoms with van der Waals surface area (Å²) in [5, 5.41) is 4.94. The molecule has 0 aliphatic rings. The first-order valence-electron chi connectivity index (χ1n) is 5.12. The normalized spacial score (nSPS) is 12.4. The first kappa shape index (κ1) is 12.2. The third-order valence-electron chi connectivity index (χ3n) is 1.93. The number of amides is 1. The number of hydrogen-bond donors (Lipinski definition) is 1. The molecule has 3 nitrogen and oxygen atoms in total. The molecule has 1 amide bonds. The Morgan fingerprint density at radius 1 is 1.67 bits per heavy atom. The molecule has 0 spiro atoms. The zero-order chi connectivity index (χ0) is 11.1. The van der Waals surface area contributed by atoms with Gasteiger partial charge in [0.2, 0.25) is 5.91 Å². The summed E-state index contributed by atoms with van der Waals surface area (Å²) in [7, 11) is 0. The van der Waals surface area contributed by atoms with Gasteiger partial charge in [-0.15, -0.1) is 11.3 Å². The number of nitrogens with one attached hydrogen (secondary N) is 1. The fraction of sp³-hybridized carbons (Fsp3) is 0.545. The van der Waals surface area contributed by atoms with Crippen molar-refractivity contribution in [2.75, 3.05) is 13.2 Å². The van der Waals surface area contributed by atoms with Crippen molar-refractivity contribution in [3.8, 4) is 0 Å². The molecule has 1 aromatic heterocycles. The Hall–Kier alpha value is -0.870. The highest BCUT2D eigenvalue weighted by Gasteiger charge is 2.08. The molecular weight excluding hydrogens is 210 g/mol. The lowest BCUT2D eigenvalue weighted by atomic mass is 10.2. The highest BCUT2D eigenvalue weighted by molar-refractivity contribution is 7.09. The number of rotatable bonds is 6. The summed E-state index contributed by atoms with van der Waals surface area (Å²) in [6.07, 6.45) is 0.884. The smallest absolute Gasteiger partial charge is 0.246 e. The second kappa shape index (κ2) is 6.58. The Morgan fingerprint density at radius 2 is 2.47 bits per heavy atom. The van der Waals surface area contributed by atoms with Gasteiger partial charge in [-0.25, -0.2) is 0 Å². The lowest BCUT2D eigenvalue weighted by Gasteiger charge is -2.12.